The number of nitrogens with zero attached hydrogens (tertiary/aromatic N) is 6. The molecule has 1 saturated heterocycles. The quantitative estimate of drug-likeness (QED) is 0.527. The molecule has 0 N–H and O–H groups in total. The maximum atomic E-state index is 13.4. The van der Waals surface area contributed by atoms with Crippen molar-refractivity contribution in [3.8, 4) is 5.69 Å². The number of para-hydroxylation sites is 1. The molecule has 5 rings (SSSR count). The molecule has 2 aliphatic heterocycles. The summed E-state index contributed by atoms with van der Waals surface area (Å²) in [6.45, 7) is 8.65. The summed E-state index contributed by atoms with van der Waals surface area (Å²) in [5.74, 6) is 1.22. The van der Waals surface area contributed by atoms with Gasteiger partial charge in [-0.1, -0.05) is 29.8 Å². The van der Waals surface area contributed by atoms with Crippen LogP contribution in [0.5, 0.6) is 0 Å². The molecule has 10 heteroatoms. The number of amides is 2. The summed E-state index contributed by atoms with van der Waals surface area (Å²) in [5, 5.41) is 9.38. The standard InChI is InChI=1S/C26H29ClN6O3/c1-26(2,3)36-25(35)31-13-11-30(12-14-31)17-23-29-28-22-16-24(34)32(19-7-5-4-6-8-19)21-15-18(27)9-10-20(21)33(22)23/h4-10,15H,11-14,16-17H2,1-3H3. The van der Waals surface area contributed by atoms with Gasteiger partial charge in [0, 0.05) is 36.9 Å². The number of hydrogen-bond acceptors (Lipinski definition) is 6. The summed E-state index contributed by atoms with van der Waals surface area (Å²) < 4.78 is 7.47. The zero-order valence-corrected chi connectivity index (χ0v) is 21.4. The zero-order valence-electron chi connectivity index (χ0n) is 20.6. The molecule has 2 aromatic carbocycles. The lowest BCUT2D eigenvalue weighted by molar-refractivity contribution is -0.117. The lowest BCUT2D eigenvalue weighted by Crippen LogP contribution is -2.49. The molecule has 0 saturated carbocycles. The number of ether oxygens (including phenoxy) is 1. The normalized spacial score (nSPS) is 16.4. The van der Waals surface area contributed by atoms with Gasteiger partial charge >= 0.3 is 6.09 Å². The highest BCUT2D eigenvalue weighted by Gasteiger charge is 2.32. The van der Waals surface area contributed by atoms with Gasteiger partial charge in [-0.15, -0.1) is 10.2 Å². The number of benzene rings is 2. The fourth-order valence-electron chi connectivity index (χ4n) is 4.54. The molecule has 2 amide bonds. The van der Waals surface area contributed by atoms with Crippen LogP contribution in [0.4, 0.5) is 16.2 Å². The Kier molecular flexibility index (Phi) is 6.44. The highest BCUT2D eigenvalue weighted by atomic mass is 35.5. The highest BCUT2D eigenvalue weighted by Crippen LogP contribution is 2.37. The highest BCUT2D eigenvalue weighted by molar-refractivity contribution is 6.31. The molecule has 1 aromatic heterocycles. The third kappa shape index (κ3) is 4.94. The van der Waals surface area contributed by atoms with E-state index in [4.69, 9.17) is 16.3 Å². The van der Waals surface area contributed by atoms with Gasteiger partial charge < -0.3 is 9.64 Å². The van der Waals surface area contributed by atoms with E-state index in [0.29, 0.717) is 49.3 Å². The van der Waals surface area contributed by atoms with Crippen LogP contribution in [-0.2, 0) is 22.5 Å². The Hall–Kier alpha value is -3.43. The molecule has 0 atom stereocenters. The first kappa shape index (κ1) is 24.3. The van der Waals surface area contributed by atoms with Crippen molar-refractivity contribution in [2.45, 2.75) is 39.3 Å². The summed E-state index contributed by atoms with van der Waals surface area (Å²) in [6, 6.07) is 15.1. The molecule has 1 fully saturated rings. The second kappa shape index (κ2) is 9.55. The second-order valence-corrected chi connectivity index (χ2v) is 10.4. The smallest absolute Gasteiger partial charge is 0.410 e. The minimum Gasteiger partial charge on any atom is -0.444 e. The Morgan fingerprint density at radius 3 is 2.42 bits per heavy atom. The van der Waals surface area contributed by atoms with Gasteiger partial charge in [0.2, 0.25) is 5.91 Å². The molecular weight excluding hydrogens is 480 g/mol. The lowest BCUT2D eigenvalue weighted by atomic mass is 10.2. The number of anilines is 2. The minimum absolute atomic E-state index is 0.103. The Bertz CT molecular complexity index is 1280. The van der Waals surface area contributed by atoms with E-state index in [-0.39, 0.29) is 18.4 Å². The number of halogens is 1. The van der Waals surface area contributed by atoms with Gasteiger partial charge in [-0.3, -0.25) is 19.2 Å². The minimum atomic E-state index is -0.519. The Labute approximate surface area is 215 Å². The van der Waals surface area contributed by atoms with E-state index < -0.39 is 5.60 Å². The molecule has 36 heavy (non-hydrogen) atoms. The van der Waals surface area contributed by atoms with E-state index in [1.54, 1.807) is 15.9 Å². The molecule has 0 unspecified atom stereocenters. The number of rotatable bonds is 3. The van der Waals surface area contributed by atoms with Crippen molar-refractivity contribution in [1.82, 2.24) is 24.6 Å². The fraction of sp³-hybridized carbons (Fsp3) is 0.385. The van der Waals surface area contributed by atoms with Crippen molar-refractivity contribution >= 4 is 35.0 Å². The zero-order chi connectivity index (χ0) is 25.4. The van der Waals surface area contributed by atoms with E-state index in [1.807, 2.05) is 67.8 Å². The van der Waals surface area contributed by atoms with Gasteiger partial charge in [0.15, 0.2) is 5.82 Å². The van der Waals surface area contributed by atoms with Crippen LogP contribution in [0.15, 0.2) is 48.5 Å². The van der Waals surface area contributed by atoms with Gasteiger partial charge in [0.25, 0.3) is 0 Å². The van der Waals surface area contributed by atoms with Gasteiger partial charge in [0.1, 0.15) is 11.4 Å². The lowest BCUT2D eigenvalue weighted by Gasteiger charge is -2.35. The SMILES string of the molecule is CC(C)(C)OC(=O)N1CCN(Cc2nnc3n2-c2ccc(Cl)cc2N(c2ccccc2)C(=O)C3)CC1. The number of carbonyl (C=O) groups is 2. The van der Waals surface area contributed by atoms with E-state index in [1.165, 1.54) is 0 Å². The van der Waals surface area contributed by atoms with Crippen molar-refractivity contribution in [2.24, 2.45) is 0 Å². The van der Waals surface area contributed by atoms with Crippen LogP contribution in [-0.4, -0.2) is 68.3 Å². The van der Waals surface area contributed by atoms with Crippen molar-refractivity contribution in [3.05, 3.63) is 65.2 Å². The van der Waals surface area contributed by atoms with Gasteiger partial charge in [-0.05, 0) is 51.1 Å². The van der Waals surface area contributed by atoms with Crippen molar-refractivity contribution in [2.75, 3.05) is 31.1 Å². The first-order valence-electron chi connectivity index (χ1n) is 12.0. The first-order chi connectivity index (χ1) is 17.2. The predicted octanol–water partition coefficient (Wildman–Crippen LogP) is 4.19. The average Bonchev–Trinajstić information content (AvgIpc) is 3.15. The molecule has 9 nitrogen and oxygen atoms in total. The molecule has 2 aliphatic rings. The van der Waals surface area contributed by atoms with Crippen LogP contribution < -0.4 is 4.90 Å². The third-order valence-corrected chi connectivity index (χ3v) is 6.41. The van der Waals surface area contributed by atoms with E-state index in [2.05, 4.69) is 15.1 Å². The summed E-state index contributed by atoms with van der Waals surface area (Å²) in [7, 11) is 0. The fourth-order valence-corrected chi connectivity index (χ4v) is 4.70. The molecule has 0 aliphatic carbocycles. The largest absolute Gasteiger partial charge is 0.444 e. The topological polar surface area (TPSA) is 83.8 Å². The van der Waals surface area contributed by atoms with Gasteiger partial charge in [-0.25, -0.2) is 4.79 Å². The number of carbonyl (C=O) groups excluding carboxylic acids is 2. The van der Waals surface area contributed by atoms with Crippen LogP contribution in [0.1, 0.15) is 32.4 Å². The van der Waals surface area contributed by atoms with Crippen molar-refractivity contribution < 1.29 is 14.3 Å². The Morgan fingerprint density at radius 2 is 1.72 bits per heavy atom. The van der Waals surface area contributed by atoms with E-state index in [9.17, 15) is 9.59 Å². The molecule has 3 heterocycles. The maximum absolute atomic E-state index is 13.4. The monoisotopic (exact) mass is 508 g/mol. The molecule has 3 aromatic rings. The van der Waals surface area contributed by atoms with Crippen LogP contribution in [0.2, 0.25) is 5.02 Å². The van der Waals surface area contributed by atoms with E-state index in [0.717, 1.165) is 17.2 Å². The Morgan fingerprint density at radius 1 is 1.00 bits per heavy atom. The summed E-state index contributed by atoms with van der Waals surface area (Å²) >= 11 is 6.38. The first-order valence-corrected chi connectivity index (χ1v) is 12.4. The maximum Gasteiger partial charge on any atom is 0.410 e. The average molecular weight is 509 g/mol. The summed E-state index contributed by atoms with van der Waals surface area (Å²) in [5.41, 5.74) is 1.74. The van der Waals surface area contributed by atoms with Crippen LogP contribution in [0.25, 0.3) is 5.69 Å². The number of piperazine rings is 1. The van der Waals surface area contributed by atoms with E-state index >= 15 is 0 Å². The Balaban J connectivity index is 1.41. The molecule has 0 bridgehead atoms. The van der Waals surface area contributed by atoms with Crippen molar-refractivity contribution in [3.63, 3.8) is 0 Å². The van der Waals surface area contributed by atoms with Gasteiger partial charge in [0.05, 0.1) is 24.3 Å². The molecule has 0 radical (unpaired) electrons. The van der Waals surface area contributed by atoms with Crippen LogP contribution in [0, 0.1) is 0 Å². The van der Waals surface area contributed by atoms with Gasteiger partial charge in [-0.2, -0.15) is 0 Å². The predicted molar refractivity (Wildman–Crippen MR) is 137 cm³/mol. The second-order valence-electron chi connectivity index (χ2n) is 9.99. The number of aromatic nitrogens is 3. The van der Waals surface area contributed by atoms with Crippen LogP contribution in [0.3, 0.4) is 0 Å². The third-order valence-electron chi connectivity index (χ3n) is 6.18. The molecule has 0 spiro atoms. The molecule has 188 valence electrons. The summed E-state index contributed by atoms with van der Waals surface area (Å²) in [6.07, 6.45) is -0.176. The summed E-state index contributed by atoms with van der Waals surface area (Å²) in [4.78, 5) is 31.5. The molecular formula is C26H29ClN6O3. The van der Waals surface area contributed by atoms with Crippen molar-refractivity contribution in [1.29, 1.82) is 0 Å². The number of hydrogen-bond donors (Lipinski definition) is 0. The van der Waals surface area contributed by atoms with Crippen LogP contribution >= 0.6 is 11.6 Å². The number of fused-ring (bicyclic) bond motifs is 3.